The van der Waals surface area contributed by atoms with Crippen LogP contribution in [-0.4, -0.2) is 44.0 Å². The highest BCUT2D eigenvalue weighted by Gasteiger charge is 2.29. The molecule has 3 heterocycles. The second-order valence-corrected chi connectivity index (χ2v) is 6.76. The second-order valence-electron chi connectivity index (χ2n) is 6.76. The third-order valence-electron chi connectivity index (χ3n) is 3.97. The molecule has 3 rings (SSSR count). The lowest BCUT2D eigenvalue weighted by molar-refractivity contribution is 0.0661. The lowest BCUT2D eigenvalue weighted by atomic mass is 9.93. The molecule has 7 heteroatoms. The van der Waals surface area contributed by atoms with E-state index in [1.165, 1.54) is 0 Å². The van der Waals surface area contributed by atoms with Gasteiger partial charge in [0.05, 0.1) is 12.2 Å². The molecule has 0 saturated carbocycles. The number of piperidine rings is 1. The lowest BCUT2D eigenvalue weighted by Crippen LogP contribution is -2.41. The topological polar surface area (TPSA) is 77.1 Å². The Hall–Kier alpha value is -2.18. The summed E-state index contributed by atoms with van der Waals surface area (Å²) >= 11 is 0. The Morgan fingerprint density at radius 2 is 2.23 bits per heavy atom. The van der Waals surface area contributed by atoms with Crippen LogP contribution in [0.4, 0.5) is 0 Å². The molecular weight excluding hydrogens is 282 g/mol. The highest BCUT2D eigenvalue weighted by atomic mass is 16.5. The molecule has 1 atom stereocenters. The summed E-state index contributed by atoms with van der Waals surface area (Å²) < 4.78 is 7.14. The SMILES string of the molecule is CC(C)(C)c1cc(C(=O)N2CCCC(n3ccnn3)C2)no1. The highest BCUT2D eigenvalue weighted by molar-refractivity contribution is 5.92. The fraction of sp³-hybridized carbons (Fsp3) is 0.600. The van der Waals surface area contributed by atoms with Gasteiger partial charge >= 0.3 is 0 Å². The summed E-state index contributed by atoms with van der Waals surface area (Å²) in [4.78, 5) is 14.4. The van der Waals surface area contributed by atoms with Crippen LogP contribution in [0.1, 0.15) is 55.9 Å². The van der Waals surface area contributed by atoms with Gasteiger partial charge in [-0.3, -0.25) is 4.79 Å². The van der Waals surface area contributed by atoms with Crippen LogP contribution in [0.3, 0.4) is 0 Å². The number of rotatable bonds is 2. The Morgan fingerprint density at radius 1 is 1.41 bits per heavy atom. The Morgan fingerprint density at radius 3 is 2.86 bits per heavy atom. The number of amides is 1. The van der Waals surface area contributed by atoms with Crippen molar-refractivity contribution < 1.29 is 9.32 Å². The quantitative estimate of drug-likeness (QED) is 0.848. The molecule has 118 valence electrons. The smallest absolute Gasteiger partial charge is 0.276 e. The van der Waals surface area contributed by atoms with Gasteiger partial charge in [0.25, 0.3) is 5.91 Å². The van der Waals surface area contributed by atoms with E-state index < -0.39 is 0 Å². The van der Waals surface area contributed by atoms with Crippen molar-refractivity contribution in [2.24, 2.45) is 0 Å². The van der Waals surface area contributed by atoms with Crippen LogP contribution in [0.15, 0.2) is 23.0 Å². The van der Waals surface area contributed by atoms with Crippen LogP contribution < -0.4 is 0 Å². The average molecular weight is 303 g/mol. The van der Waals surface area contributed by atoms with Crippen molar-refractivity contribution in [2.45, 2.75) is 45.1 Å². The molecular formula is C15H21N5O2. The minimum absolute atomic E-state index is 0.0796. The van der Waals surface area contributed by atoms with Crippen LogP contribution in [0, 0.1) is 0 Å². The molecule has 1 aliphatic heterocycles. The van der Waals surface area contributed by atoms with Crippen LogP contribution in [0.5, 0.6) is 0 Å². The maximum absolute atomic E-state index is 12.6. The summed E-state index contributed by atoms with van der Waals surface area (Å²) in [5.74, 6) is 0.643. The van der Waals surface area contributed by atoms with Gasteiger partial charge in [-0.1, -0.05) is 31.1 Å². The van der Waals surface area contributed by atoms with Crippen LogP contribution in [0.25, 0.3) is 0 Å². The zero-order chi connectivity index (χ0) is 15.7. The van der Waals surface area contributed by atoms with Crippen molar-refractivity contribution in [3.8, 4) is 0 Å². The Labute approximate surface area is 129 Å². The zero-order valence-electron chi connectivity index (χ0n) is 13.2. The monoisotopic (exact) mass is 303 g/mol. The molecule has 1 saturated heterocycles. The van der Waals surface area contributed by atoms with E-state index in [-0.39, 0.29) is 17.4 Å². The molecule has 1 unspecified atom stereocenters. The number of carbonyl (C=O) groups excluding carboxylic acids is 1. The average Bonchev–Trinajstić information content (AvgIpc) is 3.17. The summed E-state index contributed by atoms with van der Waals surface area (Å²) in [6, 6.07) is 1.93. The van der Waals surface area contributed by atoms with Crippen molar-refractivity contribution in [2.75, 3.05) is 13.1 Å². The normalized spacial score (nSPS) is 19.4. The third kappa shape index (κ3) is 2.88. The van der Waals surface area contributed by atoms with Crippen LogP contribution in [0.2, 0.25) is 0 Å². The molecule has 1 amide bonds. The van der Waals surface area contributed by atoms with E-state index in [2.05, 4.69) is 15.5 Å². The van der Waals surface area contributed by atoms with Gasteiger partial charge in [-0.25, -0.2) is 4.68 Å². The summed E-state index contributed by atoms with van der Waals surface area (Å²) in [6.07, 6.45) is 5.44. The predicted octanol–water partition coefficient (Wildman–Crippen LogP) is 2.04. The van der Waals surface area contributed by atoms with Gasteiger partial charge in [-0.05, 0) is 12.8 Å². The first-order valence-electron chi connectivity index (χ1n) is 7.57. The molecule has 22 heavy (non-hydrogen) atoms. The van der Waals surface area contributed by atoms with E-state index in [0.717, 1.165) is 25.1 Å². The van der Waals surface area contributed by atoms with Crippen molar-refractivity contribution in [3.63, 3.8) is 0 Å². The number of aromatic nitrogens is 4. The molecule has 0 bridgehead atoms. The maximum atomic E-state index is 12.6. The molecule has 0 N–H and O–H groups in total. The minimum atomic E-state index is -0.156. The fourth-order valence-electron chi connectivity index (χ4n) is 2.66. The molecule has 0 radical (unpaired) electrons. The number of nitrogens with zero attached hydrogens (tertiary/aromatic N) is 5. The maximum Gasteiger partial charge on any atom is 0.276 e. The van der Waals surface area contributed by atoms with Crippen molar-refractivity contribution >= 4 is 5.91 Å². The second kappa shape index (κ2) is 5.55. The van der Waals surface area contributed by atoms with E-state index in [9.17, 15) is 4.79 Å². The van der Waals surface area contributed by atoms with E-state index in [1.54, 1.807) is 12.3 Å². The molecule has 0 aromatic carbocycles. The van der Waals surface area contributed by atoms with E-state index >= 15 is 0 Å². The lowest BCUT2D eigenvalue weighted by Gasteiger charge is -2.32. The molecule has 0 aliphatic carbocycles. The largest absolute Gasteiger partial charge is 0.360 e. The first kappa shape index (κ1) is 14.7. The van der Waals surface area contributed by atoms with Crippen molar-refractivity contribution in [1.29, 1.82) is 0 Å². The van der Waals surface area contributed by atoms with E-state index in [1.807, 2.05) is 36.5 Å². The van der Waals surface area contributed by atoms with Crippen molar-refractivity contribution in [3.05, 3.63) is 29.9 Å². The first-order chi connectivity index (χ1) is 10.4. The molecule has 2 aromatic heterocycles. The van der Waals surface area contributed by atoms with Crippen LogP contribution in [-0.2, 0) is 5.41 Å². The molecule has 1 fully saturated rings. The Balaban J connectivity index is 1.73. The summed E-state index contributed by atoms with van der Waals surface area (Å²) in [5, 5.41) is 11.8. The number of hydrogen-bond donors (Lipinski definition) is 0. The van der Waals surface area contributed by atoms with Gasteiger partial charge in [-0.15, -0.1) is 5.10 Å². The molecule has 7 nitrogen and oxygen atoms in total. The standard InChI is InChI=1S/C15H21N5O2/c1-15(2,3)13-9-12(17-22-13)14(21)19-7-4-5-11(10-19)20-8-6-16-18-20/h6,8-9,11H,4-5,7,10H2,1-3H3. The van der Waals surface area contributed by atoms with E-state index in [0.29, 0.717) is 12.2 Å². The highest BCUT2D eigenvalue weighted by Crippen LogP contribution is 2.25. The number of hydrogen-bond acceptors (Lipinski definition) is 5. The predicted molar refractivity (Wildman–Crippen MR) is 79.4 cm³/mol. The molecule has 1 aliphatic rings. The fourth-order valence-corrected chi connectivity index (χ4v) is 2.66. The van der Waals surface area contributed by atoms with Gasteiger partial charge in [0.15, 0.2) is 5.69 Å². The van der Waals surface area contributed by atoms with Gasteiger partial charge in [0.2, 0.25) is 0 Å². The van der Waals surface area contributed by atoms with Crippen molar-refractivity contribution in [1.82, 2.24) is 25.1 Å². The summed E-state index contributed by atoms with van der Waals surface area (Å²) in [7, 11) is 0. The van der Waals surface area contributed by atoms with Gasteiger partial charge in [-0.2, -0.15) is 0 Å². The summed E-state index contributed by atoms with van der Waals surface area (Å²) in [5.41, 5.74) is 0.223. The summed E-state index contributed by atoms with van der Waals surface area (Å²) in [6.45, 7) is 7.46. The number of likely N-dealkylation sites (tertiary alicyclic amines) is 1. The van der Waals surface area contributed by atoms with Crippen LogP contribution >= 0.6 is 0 Å². The number of carbonyl (C=O) groups is 1. The van der Waals surface area contributed by atoms with Gasteiger partial charge < -0.3 is 9.42 Å². The molecule has 0 spiro atoms. The molecule has 2 aromatic rings. The van der Waals surface area contributed by atoms with Gasteiger partial charge in [0, 0.05) is 30.8 Å². The zero-order valence-corrected chi connectivity index (χ0v) is 13.2. The van der Waals surface area contributed by atoms with Gasteiger partial charge in [0.1, 0.15) is 5.76 Å². The Kier molecular flexibility index (Phi) is 3.72. The third-order valence-corrected chi connectivity index (χ3v) is 3.97. The Bertz CT molecular complexity index is 641. The van der Waals surface area contributed by atoms with E-state index in [4.69, 9.17) is 4.52 Å². The minimum Gasteiger partial charge on any atom is -0.360 e. The first-order valence-corrected chi connectivity index (χ1v) is 7.57.